The third-order valence-corrected chi connectivity index (χ3v) is 6.12. The zero-order valence-electron chi connectivity index (χ0n) is 12.1. The molecule has 1 fully saturated rings. The lowest BCUT2D eigenvalue weighted by Crippen LogP contribution is -2.35. The summed E-state index contributed by atoms with van der Waals surface area (Å²) in [5, 5.41) is 0. The normalized spacial score (nSPS) is 16.6. The highest BCUT2D eigenvalue weighted by Crippen LogP contribution is 2.27. The van der Waals surface area contributed by atoms with Gasteiger partial charge in [-0.25, -0.2) is 8.42 Å². The minimum Gasteiger partial charge on any atom is -0.316 e. The van der Waals surface area contributed by atoms with Crippen LogP contribution in [0.5, 0.6) is 0 Å². The Morgan fingerprint density at radius 2 is 1.64 bits per heavy atom. The van der Waals surface area contributed by atoms with Crippen LogP contribution in [0.25, 0.3) is 11.0 Å². The summed E-state index contributed by atoms with van der Waals surface area (Å²) in [7, 11) is -2.03. The van der Waals surface area contributed by atoms with Gasteiger partial charge >= 0.3 is 11.1 Å². The molecule has 1 heterocycles. The highest BCUT2D eigenvalue weighted by molar-refractivity contribution is 7.89. The molecule has 2 aromatic rings. The number of benzene rings is 1. The SMILES string of the molecule is CN(C1CCCC1)S(=O)(=O)c1ccc2[nH]c(=O)c(=O)[nH]c2c1. The maximum absolute atomic E-state index is 12.7. The van der Waals surface area contributed by atoms with Gasteiger partial charge in [0.2, 0.25) is 10.0 Å². The fourth-order valence-electron chi connectivity index (χ4n) is 2.88. The zero-order valence-corrected chi connectivity index (χ0v) is 12.9. The quantitative estimate of drug-likeness (QED) is 0.815. The number of H-pyrrole nitrogens is 2. The standard InChI is InChI=1S/C14H17N3O4S/c1-17(9-4-2-3-5-9)22(20,21)10-6-7-11-12(8-10)16-14(19)13(18)15-11/h6-9H,2-5H2,1H3,(H,15,18)(H,16,19). The van der Waals surface area contributed by atoms with Gasteiger partial charge in [-0.2, -0.15) is 4.31 Å². The van der Waals surface area contributed by atoms with Crippen molar-refractivity contribution in [1.29, 1.82) is 0 Å². The molecular weight excluding hydrogens is 306 g/mol. The van der Waals surface area contributed by atoms with Crippen molar-refractivity contribution >= 4 is 21.1 Å². The van der Waals surface area contributed by atoms with Crippen LogP contribution in [-0.2, 0) is 10.0 Å². The van der Waals surface area contributed by atoms with Gasteiger partial charge in [0.15, 0.2) is 0 Å². The number of aromatic amines is 2. The van der Waals surface area contributed by atoms with Crippen LogP contribution in [0.1, 0.15) is 25.7 Å². The van der Waals surface area contributed by atoms with Crippen LogP contribution < -0.4 is 11.1 Å². The molecule has 0 bridgehead atoms. The Balaban J connectivity index is 2.07. The zero-order chi connectivity index (χ0) is 15.9. The second-order valence-corrected chi connectivity index (χ2v) is 7.57. The number of nitrogens with one attached hydrogen (secondary N) is 2. The van der Waals surface area contributed by atoms with Crippen LogP contribution in [-0.4, -0.2) is 35.8 Å². The molecule has 0 spiro atoms. The van der Waals surface area contributed by atoms with E-state index in [2.05, 4.69) is 9.97 Å². The van der Waals surface area contributed by atoms with Gasteiger partial charge in [-0.1, -0.05) is 12.8 Å². The molecule has 0 saturated heterocycles. The highest BCUT2D eigenvalue weighted by atomic mass is 32.2. The molecule has 0 radical (unpaired) electrons. The van der Waals surface area contributed by atoms with E-state index in [1.54, 1.807) is 7.05 Å². The largest absolute Gasteiger partial charge is 0.316 e. The van der Waals surface area contributed by atoms with Gasteiger partial charge in [-0.15, -0.1) is 0 Å². The Bertz CT molecular complexity index is 923. The second-order valence-electron chi connectivity index (χ2n) is 5.58. The van der Waals surface area contributed by atoms with Gasteiger partial charge in [0.25, 0.3) is 0 Å². The average Bonchev–Trinajstić information content (AvgIpc) is 3.01. The van der Waals surface area contributed by atoms with Crippen LogP contribution in [0.3, 0.4) is 0 Å². The number of sulfonamides is 1. The van der Waals surface area contributed by atoms with E-state index in [0.717, 1.165) is 25.7 Å². The van der Waals surface area contributed by atoms with Crippen molar-refractivity contribution in [3.8, 4) is 0 Å². The van der Waals surface area contributed by atoms with E-state index in [1.807, 2.05) is 0 Å². The molecule has 1 aliphatic rings. The van der Waals surface area contributed by atoms with Crippen LogP contribution in [0.4, 0.5) is 0 Å². The summed E-state index contributed by atoms with van der Waals surface area (Å²) < 4.78 is 26.8. The van der Waals surface area contributed by atoms with E-state index in [9.17, 15) is 18.0 Å². The predicted octanol–water partition coefficient (Wildman–Crippen LogP) is 0.779. The summed E-state index contributed by atoms with van der Waals surface area (Å²) >= 11 is 0. The summed E-state index contributed by atoms with van der Waals surface area (Å²) in [5.41, 5.74) is -0.866. The molecule has 0 amide bonds. The highest BCUT2D eigenvalue weighted by Gasteiger charge is 2.30. The maximum atomic E-state index is 12.7. The van der Waals surface area contributed by atoms with E-state index in [0.29, 0.717) is 11.0 Å². The topological polar surface area (TPSA) is 103 Å². The van der Waals surface area contributed by atoms with Crippen molar-refractivity contribution in [2.24, 2.45) is 0 Å². The number of hydrogen-bond acceptors (Lipinski definition) is 4. The first-order chi connectivity index (χ1) is 10.4. The smallest absolute Gasteiger partial charge is 0.314 e. The van der Waals surface area contributed by atoms with Gasteiger partial charge in [0, 0.05) is 13.1 Å². The molecule has 0 atom stereocenters. The minimum atomic E-state index is -3.62. The Hall–Kier alpha value is -1.93. The molecule has 1 aliphatic carbocycles. The summed E-state index contributed by atoms with van der Waals surface area (Å²) in [6.07, 6.45) is 3.81. The lowest BCUT2D eigenvalue weighted by atomic mass is 10.3. The third-order valence-electron chi connectivity index (χ3n) is 4.21. The monoisotopic (exact) mass is 323 g/mol. The molecule has 7 nitrogen and oxygen atoms in total. The fraction of sp³-hybridized carbons (Fsp3) is 0.429. The van der Waals surface area contributed by atoms with Crippen LogP contribution in [0.2, 0.25) is 0 Å². The molecule has 1 saturated carbocycles. The molecule has 8 heteroatoms. The molecule has 0 aliphatic heterocycles. The Kier molecular flexibility index (Phi) is 3.65. The van der Waals surface area contributed by atoms with Gasteiger partial charge in [-0.3, -0.25) is 9.59 Å². The summed E-state index contributed by atoms with van der Waals surface area (Å²) in [6.45, 7) is 0. The molecule has 0 unspecified atom stereocenters. The molecule has 2 N–H and O–H groups in total. The first-order valence-electron chi connectivity index (χ1n) is 7.14. The lowest BCUT2D eigenvalue weighted by Gasteiger charge is -2.23. The fourth-order valence-corrected chi connectivity index (χ4v) is 4.33. The van der Waals surface area contributed by atoms with Crippen LogP contribution in [0.15, 0.2) is 32.7 Å². The maximum Gasteiger partial charge on any atom is 0.314 e. The van der Waals surface area contributed by atoms with E-state index in [4.69, 9.17) is 0 Å². The van der Waals surface area contributed by atoms with Crippen molar-refractivity contribution in [3.63, 3.8) is 0 Å². The van der Waals surface area contributed by atoms with Crippen LogP contribution >= 0.6 is 0 Å². The van der Waals surface area contributed by atoms with Gasteiger partial charge < -0.3 is 9.97 Å². The summed E-state index contributed by atoms with van der Waals surface area (Å²) in [5.74, 6) is 0. The van der Waals surface area contributed by atoms with E-state index in [-0.39, 0.29) is 10.9 Å². The molecule has 3 rings (SSSR count). The number of hydrogen-bond donors (Lipinski definition) is 2. The average molecular weight is 323 g/mol. The number of aromatic nitrogens is 2. The van der Waals surface area contributed by atoms with Crippen molar-refractivity contribution in [2.45, 2.75) is 36.6 Å². The van der Waals surface area contributed by atoms with Gasteiger partial charge in [0.05, 0.1) is 15.9 Å². The Labute approximate surface area is 127 Å². The second kappa shape index (κ2) is 5.36. The van der Waals surface area contributed by atoms with Gasteiger partial charge in [-0.05, 0) is 31.0 Å². The van der Waals surface area contributed by atoms with Crippen LogP contribution in [0, 0.1) is 0 Å². The third kappa shape index (κ3) is 2.48. The first-order valence-corrected chi connectivity index (χ1v) is 8.58. The molecular formula is C14H17N3O4S. The predicted molar refractivity (Wildman–Crippen MR) is 82.4 cm³/mol. The van der Waals surface area contributed by atoms with Crippen molar-refractivity contribution < 1.29 is 8.42 Å². The van der Waals surface area contributed by atoms with Crippen molar-refractivity contribution in [3.05, 3.63) is 38.9 Å². The molecule has 118 valence electrons. The first kappa shape index (κ1) is 15.0. The molecule has 1 aromatic heterocycles. The van der Waals surface area contributed by atoms with Crippen molar-refractivity contribution in [2.75, 3.05) is 7.05 Å². The van der Waals surface area contributed by atoms with Gasteiger partial charge in [0.1, 0.15) is 0 Å². The van der Waals surface area contributed by atoms with Crippen molar-refractivity contribution in [1.82, 2.24) is 14.3 Å². The lowest BCUT2D eigenvalue weighted by molar-refractivity contribution is 0.373. The summed E-state index contributed by atoms with van der Waals surface area (Å²) in [6, 6.07) is 4.34. The number of fused-ring (bicyclic) bond motifs is 1. The van der Waals surface area contributed by atoms with E-state index >= 15 is 0 Å². The molecule has 22 heavy (non-hydrogen) atoms. The van der Waals surface area contributed by atoms with E-state index < -0.39 is 21.1 Å². The minimum absolute atomic E-state index is 0.0235. The molecule has 1 aromatic carbocycles. The Morgan fingerprint density at radius 1 is 1.05 bits per heavy atom. The number of rotatable bonds is 3. The number of nitrogens with zero attached hydrogens (tertiary/aromatic N) is 1. The van der Waals surface area contributed by atoms with E-state index in [1.165, 1.54) is 22.5 Å². The Morgan fingerprint density at radius 3 is 2.27 bits per heavy atom. The summed E-state index contributed by atoms with van der Waals surface area (Å²) in [4.78, 5) is 27.6.